The lowest BCUT2D eigenvalue weighted by atomic mass is 10.0. The molecule has 2 aromatic carbocycles. The number of amides is 1. The number of hydrogen-bond acceptors (Lipinski definition) is 5. The second-order valence-electron chi connectivity index (χ2n) is 8.04. The number of likely N-dealkylation sites (tertiary alicyclic amines) is 1. The predicted molar refractivity (Wildman–Crippen MR) is 117 cm³/mol. The van der Waals surface area contributed by atoms with Gasteiger partial charge in [0.05, 0.1) is 32.5 Å². The summed E-state index contributed by atoms with van der Waals surface area (Å²) in [5, 5.41) is 0. The molecule has 1 fully saturated rings. The molecular weight excluding hydrogens is 394 g/mol. The summed E-state index contributed by atoms with van der Waals surface area (Å²) in [6, 6.07) is 11.9. The third kappa shape index (κ3) is 4.33. The SMILES string of the molecule is O=C(C=Cc1ccc2c(c1)OCCCO2)N1CCCC1c1ccc2c(c1)OCCCO2. The van der Waals surface area contributed by atoms with Gasteiger partial charge in [-0.1, -0.05) is 12.1 Å². The van der Waals surface area contributed by atoms with E-state index in [1.807, 2.05) is 41.3 Å². The molecule has 6 nitrogen and oxygen atoms in total. The molecule has 162 valence electrons. The first-order valence-electron chi connectivity index (χ1n) is 11.1. The van der Waals surface area contributed by atoms with Gasteiger partial charge in [0.25, 0.3) is 0 Å². The van der Waals surface area contributed by atoms with Gasteiger partial charge < -0.3 is 23.8 Å². The maximum absolute atomic E-state index is 13.0. The average Bonchev–Trinajstić information content (AvgIpc) is 3.01. The van der Waals surface area contributed by atoms with E-state index >= 15 is 0 Å². The smallest absolute Gasteiger partial charge is 0.247 e. The highest BCUT2D eigenvalue weighted by molar-refractivity contribution is 5.92. The van der Waals surface area contributed by atoms with Crippen LogP contribution in [-0.2, 0) is 4.79 Å². The maximum atomic E-state index is 13.0. The fourth-order valence-corrected chi connectivity index (χ4v) is 4.31. The molecule has 5 rings (SSSR count). The third-order valence-electron chi connectivity index (χ3n) is 5.88. The van der Waals surface area contributed by atoms with Gasteiger partial charge in [-0.15, -0.1) is 0 Å². The highest BCUT2D eigenvalue weighted by atomic mass is 16.5. The van der Waals surface area contributed by atoms with Crippen molar-refractivity contribution in [3.05, 3.63) is 53.6 Å². The van der Waals surface area contributed by atoms with Crippen molar-refractivity contribution in [3.63, 3.8) is 0 Å². The van der Waals surface area contributed by atoms with Crippen LogP contribution in [0.15, 0.2) is 42.5 Å². The molecule has 0 N–H and O–H groups in total. The summed E-state index contributed by atoms with van der Waals surface area (Å²) in [6.45, 7) is 3.39. The van der Waals surface area contributed by atoms with Crippen molar-refractivity contribution in [2.45, 2.75) is 31.7 Å². The zero-order valence-electron chi connectivity index (χ0n) is 17.5. The minimum atomic E-state index is 0.0155. The maximum Gasteiger partial charge on any atom is 0.247 e. The van der Waals surface area contributed by atoms with E-state index in [2.05, 4.69) is 6.07 Å². The second-order valence-corrected chi connectivity index (χ2v) is 8.04. The van der Waals surface area contributed by atoms with Gasteiger partial charge in [-0.3, -0.25) is 4.79 Å². The fraction of sp³-hybridized carbons (Fsp3) is 0.400. The van der Waals surface area contributed by atoms with Crippen LogP contribution in [-0.4, -0.2) is 43.8 Å². The predicted octanol–water partition coefficient (Wildman–Crippen LogP) is 4.39. The number of nitrogens with zero attached hydrogens (tertiary/aromatic N) is 1. The largest absolute Gasteiger partial charge is 0.490 e. The Morgan fingerprint density at radius 1 is 0.806 bits per heavy atom. The van der Waals surface area contributed by atoms with Gasteiger partial charge in [0, 0.05) is 25.5 Å². The molecule has 3 aliphatic rings. The van der Waals surface area contributed by atoms with Gasteiger partial charge in [-0.05, 0) is 54.3 Å². The zero-order chi connectivity index (χ0) is 21.0. The minimum Gasteiger partial charge on any atom is -0.490 e. The van der Waals surface area contributed by atoms with Crippen LogP contribution in [0, 0.1) is 0 Å². The van der Waals surface area contributed by atoms with E-state index in [1.165, 1.54) is 0 Å². The Bertz CT molecular complexity index is 986. The molecule has 31 heavy (non-hydrogen) atoms. The molecule has 6 heteroatoms. The zero-order valence-corrected chi connectivity index (χ0v) is 17.5. The molecule has 0 aliphatic carbocycles. The summed E-state index contributed by atoms with van der Waals surface area (Å²) in [6.07, 6.45) is 7.18. The summed E-state index contributed by atoms with van der Waals surface area (Å²) in [5.41, 5.74) is 2.02. The summed E-state index contributed by atoms with van der Waals surface area (Å²) in [5.74, 6) is 3.07. The van der Waals surface area contributed by atoms with E-state index in [0.29, 0.717) is 26.4 Å². The number of hydrogen-bond donors (Lipinski definition) is 0. The Morgan fingerprint density at radius 3 is 2.19 bits per heavy atom. The van der Waals surface area contributed by atoms with Crippen LogP contribution in [0.5, 0.6) is 23.0 Å². The fourth-order valence-electron chi connectivity index (χ4n) is 4.31. The van der Waals surface area contributed by atoms with Crippen LogP contribution in [0.4, 0.5) is 0 Å². The molecule has 0 aromatic heterocycles. The number of ether oxygens (including phenoxy) is 4. The van der Waals surface area contributed by atoms with Crippen LogP contribution in [0.2, 0.25) is 0 Å². The average molecular weight is 421 g/mol. The Balaban J connectivity index is 1.31. The van der Waals surface area contributed by atoms with Crippen molar-refractivity contribution >= 4 is 12.0 Å². The molecule has 3 heterocycles. The standard InChI is InChI=1S/C25H27NO5/c27-25(10-6-18-5-8-21-23(16-18)30-14-2-12-28-21)26-11-1-4-20(26)19-7-9-22-24(17-19)31-15-3-13-29-22/h5-10,16-17,20H,1-4,11-15H2. The van der Waals surface area contributed by atoms with Crippen molar-refractivity contribution in [1.82, 2.24) is 4.90 Å². The lowest BCUT2D eigenvalue weighted by Crippen LogP contribution is -2.28. The molecule has 0 radical (unpaired) electrons. The van der Waals surface area contributed by atoms with E-state index in [0.717, 1.165) is 66.4 Å². The number of carbonyl (C=O) groups excluding carboxylic acids is 1. The van der Waals surface area contributed by atoms with Crippen LogP contribution >= 0.6 is 0 Å². The Kier molecular flexibility index (Phi) is 5.69. The lowest BCUT2D eigenvalue weighted by molar-refractivity contribution is -0.126. The number of benzene rings is 2. The quantitative estimate of drug-likeness (QED) is 0.688. The summed E-state index contributed by atoms with van der Waals surface area (Å²) in [4.78, 5) is 15.0. The van der Waals surface area contributed by atoms with Crippen molar-refractivity contribution in [2.24, 2.45) is 0 Å². The Labute approximate surface area is 182 Å². The lowest BCUT2D eigenvalue weighted by Gasteiger charge is -2.24. The van der Waals surface area contributed by atoms with E-state index in [9.17, 15) is 4.79 Å². The Hall–Kier alpha value is -3.15. The van der Waals surface area contributed by atoms with Crippen LogP contribution in [0.3, 0.4) is 0 Å². The number of carbonyl (C=O) groups is 1. The Morgan fingerprint density at radius 2 is 1.45 bits per heavy atom. The molecule has 3 aliphatic heterocycles. The molecule has 1 atom stereocenters. The van der Waals surface area contributed by atoms with Crippen molar-refractivity contribution < 1.29 is 23.7 Å². The molecule has 2 aromatic rings. The topological polar surface area (TPSA) is 57.2 Å². The monoisotopic (exact) mass is 421 g/mol. The van der Waals surface area contributed by atoms with E-state index in [4.69, 9.17) is 18.9 Å². The molecule has 1 unspecified atom stereocenters. The van der Waals surface area contributed by atoms with Crippen LogP contribution in [0.1, 0.15) is 42.9 Å². The second kappa shape index (κ2) is 8.92. The summed E-state index contributed by atoms with van der Waals surface area (Å²) in [7, 11) is 0. The first-order valence-corrected chi connectivity index (χ1v) is 11.1. The number of fused-ring (bicyclic) bond motifs is 2. The summed E-state index contributed by atoms with van der Waals surface area (Å²) < 4.78 is 23.0. The molecule has 0 saturated carbocycles. The van der Waals surface area contributed by atoms with Gasteiger partial charge in [0.1, 0.15) is 0 Å². The van der Waals surface area contributed by atoms with E-state index < -0.39 is 0 Å². The molecular formula is C25H27NO5. The van der Waals surface area contributed by atoms with Crippen molar-refractivity contribution in [1.29, 1.82) is 0 Å². The normalized spacial score (nSPS) is 20.4. The number of rotatable bonds is 3. The van der Waals surface area contributed by atoms with Gasteiger partial charge in [0.15, 0.2) is 23.0 Å². The van der Waals surface area contributed by atoms with Gasteiger partial charge in [-0.25, -0.2) is 0 Å². The van der Waals surface area contributed by atoms with E-state index in [-0.39, 0.29) is 11.9 Å². The first-order chi connectivity index (χ1) is 15.3. The third-order valence-corrected chi connectivity index (χ3v) is 5.88. The molecule has 0 spiro atoms. The van der Waals surface area contributed by atoms with Crippen molar-refractivity contribution in [2.75, 3.05) is 33.0 Å². The highest BCUT2D eigenvalue weighted by Crippen LogP contribution is 2.38. The molecule has 0 bridgehead atoms. The van der Waals surface area contributed by atoms with Crippen LogP contribution < -0.4 is 18.9 Å². The molecule has 1 saturated heterocycles. The minimum absolute atomic E-state index is 0.0155. The van der Waals surface area contributed by atoms with Crippen molar-refractivity contribution in [3.8, 4) is 23.0 Å². The highest BCUT2D eigenvalue weighted by Gasteiger charge is 2.29. The first kappa shape index (κ1) is 19.8. The van der Waals surface area contributed by atoms with Gasteiger partial charge >= 0.3 is 0 Å². The van der Waals surface area contributed by atoms with Gasteiger partial charge in [0.2, 0.25) is 5.91 Å². The van der Waals surface area contributed by atoms with E-state index in [1.54, 1.807) is 6.08 Å². The van der Waals surface area contributed by atoms with Crippen LogP contribution in [0.25, 0.3) is 6.08 Å². The summed E-state index contributed by atoms with van der Waals surface area (Å²) >= 11 is 0. The van der Waals surface area contributed by atoms with Gasteiger partial charge in [-0.2, -0.15) is 0 Å². The molecule has 1 amide bonds.